The molecule has 0 aliphatic carbocycles. The summed E-state index contributed by atoms with van der Waals surface area (Å²) in [7, 11) is 0. The maximum Gasteiger partial charge on any atom is 0.343 e. The average Bonchev–Trinajstić information content (AvgIpc) is 1.87. The first kappa shape index (κ1) is 9.65. The SMILES string of the molecule is FCC(F)CC(F)[C](F)F. The molecule has 0 nitrogen and oxygen atoms in total. The topological polar surface area (TPSA) is 0 Å². The van der Waals surface area contributed by atoms with E-state index in [9.17, 15) is 22.0 Å². The molecule has 5 heteroatoms. The molecule has 0 aromatic carbocycles. The summed E-state index contributed by atoms with van der Waals surface area (Å²) in [6.45, 7) is -1.42. The number of hydrogen-bond donors (Lipinski definition) is 0. The Bertz CT molecular complexity index is 84.1. The highest BCUT2D eigenvalue weighted by Crippen LogP contribution is 2.19. The largest absolute Gasteiger partial charge is 0.343 e. The summed E-state index contributed by atoms with van der Waals surface area (Å²) in [5, 5.41) is 0. The van der Waals surface area contributed by atoms with Gasteiger partial charge in [-0.3, -0.25) is 0 Å². The third-order valence-corrected chi connectivity index (χ3v) is 0.867. The fourth-order valence-electron chi connectivity index (χ4n) is 0.377. The molecule has 2 unspecified atom stereocenters. The zero-order valence-corrected chi connectivity index (χ0v) is 4.96. The van der Waals surface area contributed by atoms with Gasteiger partial charge >= 0.3 is 6.43 Å². The van der Waals surface area contributed by atoms with Crippen LogP contribution in [0, 0.1) is 6.43 Å². The first-order chi connectivity index (χ1) is 4.57. The summed E-state index contributed by atoms with van der Waals surface area (Å²) in [5.74, 6) is 0. The number of halogens is 5. The van der Waals surface area contributed by atoms with Gasteiger partial charge in [-0.15, -0.1) is 0 Å². The maximum atomic E-state index is 11.8. The van der Waals surface area contributed by atoms with Gasteiger partial charge in [0, 0.05) is 6.42 Å². The Hall–Kier alpha value is -0.350. The van der Waals surface area contributed by atoms with E-state index in [1.54, 1.807) is 0 Å². The standard InChI is InChI=1S/C5H6F5/c6-2-3(7)1-4(8)5(9)10/h3-4H,1-2H2. The fraction of sp³-hybridized carbons (Fsp3) is 0.800. The third kappa shape index (κ3) is 3.63. The van der Waals surface area contributed by atoms with E-state index in [1.165, 1.54) is 0 Å². The summed E-state index contributed by atoms with van der Waals surface area (Å²) < 4.78 is 57.1. The van der Waals surface area contributed by atoms with E-state index >= 15 is 0 Å². The van der Waals surface area contributed by atoms with Crippen molar-refractivity contribution in [2.75, 3.05) is 6.67 Å². The highest BCUT2D eigenvalue weighted by molar-refractivity contribution is 4.76. The molecule has 61 valence electrons. The lowest BCUT2D eigenvalue weighted by molar-refractivity contribution is 0.114. The van der Waals surface area contributed by atoms with E-state index in [0.717, 1.165) is 0 Å². The van der Waals surface area contributed by atoms with Crippen molar-refractivity contribution < 1.29 is 22.0 Å². The van der Waals surface area contributed by atoms with Crippen LogP contribution in [0.2, 0.25) is 0 Å². The molecule has 0 N–H and O–H groups in total. The molecule has 0 saturated carbocycles. The molecule has 0 aliphatic rings. The van der Waals surface area contributed by atoms with Gasteiger partial charge in [-0.05, 0) is 0 Å². The van der Waals surface area contributed by atoms with Crippen LogP contribution in [-0.2, 0) is 0 Å². The first-order valence-corrected chi connectivity index (χ1v) is 2.60. The molecule has 0 aromatic rings. The number of hydrogen-bond acceptors (Lipinski definition) is 0. The quantitative estimate of drug-likeness (QED) is 0.555. The Morgan fingerprint density at radius 3 is 2.00 bits per heavy atom. The van der Waals surface area contributed by atoms with E-state index in [0.29, 0.717) is 0 Å². The fourth-order valence-corrected chi connectivity index (χ4v) is 0.377. The van der Waals surface area contributed by atoms with Crippen molar-refractivity contribution in [2.24, 2.45) is 0 Å². The zero-order valence-electron chi connectivity index (χ0n) is 4.96. The summed E-state index contributed by atoms with van der Waals surface area (Å²) in [6, 6.07) is 0. The average molecular weight is 161 g/mol. The van der Waals surface area contributed by atoms with Crippen molar-refractivity contribution >= 4 is 0 Å². The Balaban J connectivity index is 3.46. The predicted molar refractivity (Wildman–Crippen MR) is 25.8 cm³/mol. The highest BCUT2D eigenvalue weighted by atomic mass is 19.3. The molecule has 10 heavy (non-hydrogen) atoms. The second-order valence-electron chi connectivity index (χ2n) is 1.74. The summed E-state index contributed by atoms with van der Waals surface area (Å²) in [5.41, 5.74) is 0. The minimum atomic E-state index is -2.63. The highest BCUT2D eigenvalue weighted by Gasteiger charge is 2.25. The lowest BCUT2D eigenvalue weighted by Gasteiger charge is -2.05. The van der Waals surface area contributed by atoms with Crippen molar-refractivity contribution in [1.29, 1.82) is 0 Å². The molecule has 0 heterocycles. The van der Waals surface area contributed by atoms with Gasteiger partial charge < -0.3 is 0 Å². The molecule has 0 amide bonds. The van der Waals surface area contributed by atoms with Gasteiger partial charge in [0.25, 0.3) is 0 Å². The van der Waals surface area contributed by atoms with Crippen molar-refractivity contribution in [3.8, 4) is 0 Å². The second kappa shape index (κ2) is 4.46. The van der Waals surface area contributed by atoms with Crippen molar-refractivity contribution in [3.05, 3.63) is 6.43 Å². The lowest BCUT2D eigenvalue weighted by atomic mass is 10.2. The normalized spacial score (nSPS) is 17.4. The summed E-state index contributed by atoms with van der Waals surface area (Å²) in [4.78, 5) is 0. The van der Waals surface area contributed by atoms with Crippen LogP contribution in [-0.4, -0.2) is 19.0 Å². The Labute approximate surface area is 55.0 Å². The van der Waals surface area contributed by atoms with Crippen molar-refractivity contribution in [3.63, 3.8) is 0 Å². The van der Waals surface area contributed by atoms with Crippen molar-refractivity contribution in [1.82, 2.24) is 0 Å². The van der Waals surface area contributed by atoms with Crippen LogP contribution in [0.3, 0.4) is 0 Å². The van der Waals surface area contributed by atoms with Crippen LogP contribution in [0.15, 0.2) is 0 Å². The molecule has 0 spiro atoms. The molecule has 0 aromatic heterocycles. The van der Waals surface area contributed by atoms with Gasteiger partial charge in [0.15, 0.2) is 6.17 Å². The van der Waals surface area contributed by atoms with E-state index in [-0.39, 0.29) is 0 Å². The van der Waals surface area contributed by atoms with Crippen molar-refractivity contribution in [2.45, 2.75) is 18.8 Å². The van der Waals surface area contributed by atoms with E-state index in [2.05, 4.69) is 0 Å². The lowest BCUT2D eigenvalue weighted by Crippen LogP contribution is -2.14. The van der Waals surface area contributed by atoms with Crippen LogP contribution in [0.25, 0.3) is 0 Å². The molecule has 2 atom stereocenters. The van der Waals surface area contributed by atoms with Crippen LogP contribution in [0.4, 0.5) is 22.0 Å². The van der Waals surface area contributed by atoms with Gasteiger partial charge in [-0.2, -0.15) is 8.78 Å². The number of alkyl halides is 3. The second-order valence-corrected chi connectivity index (χ2v) is 1.74. The molecular weight excluding hydrogens is 155 g/mol. The smallest absolute Gasteiger partial charge is 0.248 e. The Kier molecular flexibility index (Phi) is 4.31. The van der Waals surface area contributed by atoms with Crippen LogP contribution in [0.5, 0.6) is 0 Å². The molecule has 0 saturated heterocycles. The van der Waals surface area contributed by atoms with Crippen LogP contribution < -0.4 is 0 Å². The van der Waals surface area contributed by atoms with Gasteiger partial charge in [0.2, 0.25) is 0 Å². The van der Waals surface area contributed by atoms with Gasteiger partial charge in [0.1, 0.15) is 12.8 Å². The minimum Gasteiger partial charge on any atom is -0.248 e. The van der Waals surface area contributed by atoms with Gasteiger partial charge in [-0.25, -0.2) is 13.2 Å². The molecule has 0 aliphatic heterocycles. The van der Waals surface area contributed by atoms with Crippen LogP contribution >= 0.6 is 0 Å². The first-order valence-electron chi connectivity index (χ1n) is 2.60. The monoisotopic (exact) mass is 161 g/mol. The molecule has 1 radical (unpaired) electrons. The molecular formula is C5H6F5. The Morgan fingerprint density at radius 2 is 1.70 bits per heavy atom. The predicted octanol–water partition coefficient (Wildman–Crippen LogP) is 2.45. The summed E-state index contributed by atoms with van der Waals surface area (Å²) >= 11 is 0. The molecule has 0 fully saturated rings. The van der Waals surface area contributed by atoms with E-state index < -0.39 is 31.9 Å². The van der Waals surface area contributed by atoms with E-state index in [1.807, 2.05) is 0 Å². The molecule has 0 rings (SSSR count). The molecule has 0 bridgehead atoms. The Morgan fingerprint density at radius 1 is 1.20 bits per heavy atom. The zero-order chi connectivity index (χ0) is 8.15. The third-order valence-electron chi connectivity index (χ3n) is 0.867. The summed E-state index contributed by atoms with van der Waals surface area (Å²) in [6.07, 6.45) is -8.36. The maximum absolute atomic E-state index is 11.8. The van der Waals surface area contributed by atoms with Gasteiger partial charge in [-0.1, -0.05) is 0 Å². The minimum absolute atomic E-state index is 1.10. The van der Waals surface area contributed by atoms with Gasteiger partial charge in [0.05, 0.1) is 0 Å². The van der Waals surface area contributed by atoms with Crippen LogP contribution in [0.1, 0.15) is 6.42 Å². The number of rotatable bonds is 4. The van der Waals surface area contributed by atoms with E-state index in [4.69, 9.17) is 0 Å².